The number of amides is 2. The minimum Gasteiger partial charge on any atom is -0.322 e. The van der Waals surface area contributed by atoms with Crippen LogP contribution < -0.4 is 10.6 Å². The van der Waals surface area contributed by atoms with Crippen LogP contribution in [0.3, 0.4) is 0 Å². The topological polar surface area (TPSA) is 88.4 Å². The van der Waals surface area contributed by atoms with Crippen LogP contribution in [0.5, 0.6) is 0 Å². The van der Waals surface area contributed by atoms with Gasteiger partial charge in [0, 0.05) is 35.4 Å². The average molecular weight is 474 g/mol. The smallest absolute Gasteiger partial charge is 0.265 e. The predicted octanol–water partition coefficient (Wildman–Crippen LogP) is 5.62. The summed E-state index contributed by atoms with van der Waals surface area (Å²) in [7, 11) is 0. The molecule has 0 fully saturated rings. The van der Waals surface area contributed by atoms with Crippen LogP contribution in [0.2, 0.25) is 5.02 Å². The second kappa shape index (κ2) is 8.85. The molecule has 5 rings (SSSR count). The Kier molecular flexibility index (Phi) is 5.60. The van der Waals surface area contributed by atoms with Crippen molar-refractivity contribution >= 4 is 51.9 Å². The predicted molar refractivity (Wildman–Crippen MR) is 130 cm³/mol. The molecule has 0 saturated carbocycles. The number of thiophene rings is 1. The number of aromatic nitrogens is 3. The fraction of sp³-hybridized carbons (Fsp3) is 0. The molecule has 2 aromatic carbocycles. The molecule has 0 aliphatic carbocycles. The Hall–Kier alpha value is -4.01. The van der Waals surface area contributed by atoms with E-state index in [0.717, 1.165) is 11.3 Å². The van der Waals surface area contributed by atoms with E-state index >= 15 is 0 Å². The van der Waals surface area contributed by atoms with Crippen molar-refractivity contribution in [1.29, 1.82) is 0 Å². The summed E-state index contributed by atoms with van der Waals surface area (Å²) in [5.74, 6) is 0.0275. The molecule has 9 heteroatoms. The lowest BCUT2D eigenvalue weighted by atomic mass is 10.1. The lowest BCUT2D eigenvalue weighted by Crippen LogP contribution is -2.14. The maximum absolute atomic E-state index is 12.8. The molecule has 0 aliphatic heterocycles. The largest absolute Gasteiger partial charge is 0.322 e. The molecule has 0 atom stereocenters. The molecule has 3 aromatic heterocycles. The van der Waals surface area contributed by atoms with Crippen LogP contribution >= 0.6 is 22.9 Å². The molecule has 5 aromatic rings. The zero-order valence-electron chi connectivity index (χ0n) is 17.0. The van der Waals surface area contributed by atoms with Crippen LogP contribution in [0.4, 0.5) is 11.4 Å². The van der Waals surface area contributed by atoms with Crippen molar-refractivity contribution in [3.05, 3.63) is 100 Å². The van der Waals surface area contributed by atoms with Crippen LogP contribution in [0.15, 0.2) is 84.6 Å². The summed E-state index contributed by atoms with van der Waals surface area (Å²) in [5.41, 5.74) is 3.07. The Bertz CT molecular complexity index is 1430. The number of rotatable bonds is 5. The van der Waals surface area contributed by atoms with Crippen LogP contribution in [0.1, 0.15) is 20.0 Å². The minimum absolute atomic E-state index is 0.276. The Morgan fingerprint density at radius 3 is 2.58 bits per heavy atom. The molecule has 0 bridgehead atoms. The van der Waals surface area contributed by atoms with Crippen molar-refractivity contribution in [1.82, 2.24) is 14.4 Å². The third-order valence-electron chi connectivity index (χ3n) is 4.90. The molecule has 3 heterocycles. The van der Waals surface area contributed by atoms with E-state index in [1.807, 2.05) is 40.4 Å². The summed E-state index contributed by atoms with van der Waals surface area (Å²) in [4.78, 5) is 34.4. The first-order valence-corrected chi connectivity index (χ1v) is 11.2. The SMILES string of the molecule is O=C(Nc1ccc(-c2cn3cccnc3n2)cc1)c1ccc(Cl)c(NC(=O)c2cccs2)c1. The summed E-state index contributed by atoms with van der Waals surface area (Å²) in [6.07, 6.45) is 5.48. The molecule has 0 aliphatic rings. The third kappa shape index (κ3) is 4.48. The average Bonchev–Trinajstić information content (AvgIpc) is 3.51. The van der Waals surface area contributed by atoms with Gasteiger partial charge in [0.25, 0.3) is 11.8 Å². The highest BCUT2D eigenvalue weighted by Crippen LogP contribution is 2.26. The van der Waals surface area contributed by atoms with Crippen molar-refractivity contribution < 1.29 is 9.59 Å². The van der Waals surface area contributed by atoms with E-state index in [-0.39, 0.29) is 11.8 Å². The molecule has 2 N–H and O–H groups in total. The lowest BCUT2D eigenvalue weighted by Gasteiger charge is -2.10. The Morgan fingerprint density at radius 2 is 1.82 bits per heavy atom. The van der Waals surface area contributed by atoms with E-state index in [1.165, 1.54) is 11.3 Å². The minimum atomic E-state index is -0.317. The molecule has 2 amide bonds. The number of anilines is 2. The zero-order valence-corrected chi connectivity index (χ0v) is 18.6. The molecule has 0 saturated heterocycles. The number of imidazole rings is 1. The highest BCUT2D eigenvalue weighted by molar-refractivity contribution is 7.12. The quantitative estimate of drug-likeness (QED) is 0.347. The van der Waals surface area contributed by atoms with E-state index < -0.39 is 0 Å². The molecule has 162 valence electrons. The van der Waals surface area contributed by atoms with E-state index in [0.29, 0.717) is 32.6 Å². The van der Waals surface area contributed by atoms with Gasteiger partial charge in [-0.25, -0.2) is 9.97 Å². The van der Waals surface area contributed by atoms with Gasteiger partial charge in [-0.3, -0.25) is 14.0 Å². The highest BCUT2D eigenvalue weighted by Gasteiger charge is 2.13. The number of carbonyl (C=O) groups excluding carboxylic acids is 2. The number of carbonyl (C=O) groups is 2. The van der Waals surface area contributed by atoms with Crippen LogP contribution in [-0.4, -0.2) is 26.2 Å². The standard InChI is InChI=1S/C24H16ClN5O2S/c25-18-9-6-16(13-19(18)28-23(32)21-3-1-12-33-21)22(31)27-17-7-4-15(5-8-17)20-14-30-11-2-10-26-24(30)29-20/h1-14H,(H,27,31)(H,28,32). The summed E-state index contributed by atoms with van der Waals surface area (Å²) in [5, 5.41) is 7.78. The van der Waals surface area contributed by atoms with Gasteiger partial charge in [-0.1, -0.05) is 29.8 Å². The fourth-order valence-corrected chi connectivity index (χ4v) is 4.03. The van der Waals surface area contributed by atoms with Gasteiger partial charge in [0.15, 0.2) is 0 Å². The van der Waals surface area contributed by atoms with Crippen molar-refractivity contribution in [3.63, 3.8) is 0 Å². The van der Waals surface area contributed by atoms with Crippen molar-refractivity contribution in [3.8, 4) is 11.3 Å². The number of hydrogen-bond acceptors (Lipinski definition) is 5. The number of hydrogen-bond donors (Lipinski definition) is 2. The molecular weight excluding hydrogens is 458 g/mol. The lowest BCUT2D eigenvalue weighted by molar-refractivity contribution is 0.101. The van der Waals surface area contributed by atoms with Gasteiger partial charge in [-0.15, -0.1) is 11.3 Å². The van der Waals surface area contributed by atoms with Gasteiger partial charge >= 0.3 is 0 Å². The zero-order chi connectivity index (χ0) is 22.8. The van der Waals surface area contributed by atoms with Gasteiger partial charge < -0.3 is 10.6 Å². The van der Waals surface area contributed by atoms with Gasteiger partial charge in [0.1, 0.15) is 0 Å². The summed E-state index contributed by atoms with van der Waals surface area (Å²) in [6, 6.07) is 17.5. The monoisotopic (exact) mass is 473 g/mol. The van der Waals surface area contributed by atoms with E-state index in [2.05, 4.69) is 20.6 Å². The Morgan fingerprint density at radius 1 is 0.970 bits per heavy atom. The third-order valence-corrected chi connectivity index (χ3v) is 6.09. The van der Waals surface area contributed by atoms with E-state index in [1.54, 1.807) is 48.7 Å². The summed E-state index contributed by atoms with van der Waals surface area (Å²) >= 11 is 7.54. The molecule has 0 spiro atoms. The van der Waals surface area contributed by atoms with E-state index in [4.69, 9.17) is 11.6 Å². The number of benzene rings is 2. The second-order valence-corrected chi connectivity index (χ2v) is 8.47. The van der Waals surface area contributed by atoms with Gasteiger partial charge in [-0.05, 0) is 47.8 Å². The Labute approximate surface area is 197 Å². The van der Waals surface area contributed by atoms with Crippen molar-refractivity contribution in [2.45, 2.75) is 0 Å². The molecule has 7 nitrogen and oxygen atoms in total. The maximum atomic E-state index is 12.8. The van der Waals surface area contributed by atoms with E-state index in [9.17, 15) is 9.59 Å². The fourth-order valence-electron chi connectivity index (χ4n) is 3.25. The van der Waals surface area contributed by atoms with Crippen LogP contribution in [-0.2, 0) is 0 Å². The molecule has 0 unspecified atom stereocenters. The summed E-state index contributed by atoms with van der Waals surface area (Å²) in [6.45, 7) is 0. The first kappa shape index (κ1) is 20.9. The highest BCUT2D eigenvalue weighted by atomic mass is 35.5. The van der Waals surface area contributed by atoms with Gasteiger partial charge in [-0.2, -0.15) is 0 Å². The van der Waals surface area contributed by atoms with Crippen molar-refractivity contribution in [2.75, 3.05) is 10.6 Å². The Balaban J connectivity index is 1.30. The molecule has 33 heavy (non-hydrogen) atoms. The molecular formula is C24H16ClN5O2S. The van der Waals surface area contributed by atoms with Crippen LogP contribution in [0.25, 0.3) is 17.0 Å². The second-order valence-electron chi connectivity index (χ2n) is 7.11. The number of fused-ring (bicyclic) bond motifs is 1. The summed E-state index contributed by atoms with van der Waals surface area (Å²) < 4.78 is 1.85. The first-order valence-electron chi connectivity index (χ1n) is 9.93. The van der Waals surface area contributed by atoms with Gasteiger partial charge in [0.05, 0.1) is 21.3 Å². The van der Waals surface area contributed by atoms with Crippen molar-refractivity contribution in [2.24, 2.45) is 0 Å². The number of nitrogens with one attached hydrogen (secondary N) is 2. The van der Waals surface area contributed by atoms with Crippen LogP contribution in [0, 0.1) is 0 Å². The normalized spacial score (nSPS) is 10.8. The van der Waals surface area contributed by atoms with Gasteiger partial charge in [0.2, 0.25) is 5.78 Å². The maximum Gasteiger partial charge on any atom is 0.265 e. The number of nitrogens with zero attached hydrogens (tertiary/aromatic N) is 3. The number of halogens is 1. The molecule has 0 radical (unpaired) electrons. The first-order chi connectivity index (χ1) is 16.1.